The summed E-state index contributed by atoms with van der Waals surface area (Å²) in [6.07, 6.45) is 0.972. The average Bonchev–Trinajstić information content (AvgIpc) is 2.47. The summed E-state index contributed by atoms with van der Waals surface area (Å²) in [5.41, 5.74) is 2.61. The van der Waals surface area contributed by atoms with Gasteiger partial charge in [-0.3, -0.25) is 0 Å². The fourth-order valence-corrected chi connectivity index (χ4v) is 2.74. The molecule has 2 rings (SSSR count). The lowest BCUT2D eigenvalue weighted by atomic mass is 9.99. The first-order chi connectivity index (χ1) is 9.72. The highest BCUT2D eigenvalue weighted by molar-refractivity contribution is 9.10. The van der Waals surface area contributed by atoms with Crippen molar-refractivity contribution in [2.45, 2.75) is 19.4 Å². The molecule has 2 nitrogen and oxygen atoms in total. The molecular formula is C17H20BrNO. The molecule has 0 heterocycles. The molecule has 3 heteroatoms. The van der Waals surface area contributed by atoms with Crippen LogP contribution in [0.3, 0.4) is 0 Å². The summed E-state index contributed by atoms with van der Waals surface area (Å²) in [5, 5.41) is 3.55. The third-order valence-corrected chi connectivity index (χ3v) is 3.79. The molecule has 0 saturated heterocycles. The molecule has 0 spiro atoms. The van der Waals surface area contributed by atoms with Crippen LogP contribution in [0.4, 0.5) is 0 Å². The second kappa shape index (κ2) is 7.46. The molecule has 20 heavy (non-hydrogen) atoms. The van der Waals surface area contributed by atoms with Gasteiger partial charge in [-0.05, 0) is 48.4 Å². The minimum Gasteiger partial charge on any atom is -0.497 e. The second-order valence-corrected chi connectivity index (χ2v) is 5.63. The zero-order chi connectivity index (χ0) is 14.4. The third-order valence-electron chi connectivity index (χ3n) is 3.30. The van der Waals surface area contributed by atoms with E-state index in [2.05, 4.69) is 64.6 Å². The predicted molar refractivity (Wildman–Crippen MR) is 87.3 cm³/mol. The SMILES string of the molecule is CCNC(Cc1cccc(Br)c1)c1ccc(OC)cc1. The van der Waals surface area contributed by atoms with Gasteiger partial charge in [0.05, 0.1) is 7.11 Å². The fourth-order valence-electron chi connectivity index (χ4n) is 2.29. The van der Waals surface area contributed by atoms with Crippen LogP contribution in [0.2, 0.25) is 0 Å². The molecule has 1 atom stereocenters. The van der Waals surface area contributed by atoms with Gasteiger partial charge in [0.2, 0.25) is 0 Å². The molecule has 0 aromatic heterocycles. The van der Waals surface area contributed by atoms with Crippen molar-refractivity contribution < 1.29 is 4.74 Å². The Labute approximate surface area is 129 Å². The number of likely N-dealkylation sites (N-methyl/N-ethyl adjacent to an activating group) is 1. The lowest BCUT2D eigenvalue weighted by Gasteiger charge is -2.19. The van der Waals surface area contributed by atoms with Crippen molar-refractivity contribution in [1.29, 1.82) is 0 Å². The highest BCUT2D eigenvalue weighted by Crippen LogP contribution is 2.22. The Morgan fingerprint density at radius 3 is 2.50 bits per heavy atom. The molecule has 0 bridgehead atoms. The Morgan fingerprint density at radius 2 is 1.90 bits per heavy atom. The van der Waals surface area contributed by atoms with E-state index >= 15 is 0 Å². The van der Waals surface area contributed by atoms with Crippen LogP contribution in [0, 0.1) is 0 Å². The van der Waals surface area contributed by atoms with Crippen LogP contribution in [0.5, 0.6) is 5.75 Å². The molecule has 0 aliphatic heterocycles. The maximum atomic E-state index is 5.22. The summed E-state index contributed by atoms with van der Waals surface area (Å²) < 4.78 is 6.34. The van der Waals surface area contributed by atoms with E-state index in [9.17, 15) is 0 Å². The minimum atomic E-state index is 0.320. The number of nitrogens with one attached hydrogen (secondary N) is 1. The maximum Gasteiger partial charge on any atom is 0.118 e. The number of rotatable bonds is 6. The van der Waals surface area contributed by atoms with Crippen molar-refractivity contribution in [1.82, 2.24) is 5.32 Å². The van der Waals surface area contributed by atoms with Gasteiger partial charge in [0.25, 0.3) is 0 Å². The topological polar surface area (TPSA) is 21.3 Å². The van der Waals surface area contributed by atoms with Gasteiger partial charge in [0.15, 0.2) is 0 Å². The number of methoxy groups -OCH3 is 1. The predicted octanol–water partition coefficient (Wildman–Crippen LogP) is 4.35. The summed E-state index contributed by atoms with van der Waals surface area (Å²) in [7, 11) is 1.69. The van der Waals surface area contributed by atoms with E-state index in [4.69, 9.17) is 4.74 Å². The Bertz CT molecular complexity index is 539. The van der Waals surface area contributed by atoms with Crippen LogP contribution in [0.15, 0.2) is 53.0 Å². The lowest BCUT2D eigenvalue weighted by Crippen LogP contribution is -2.22. The van der Waals surface area contributed by atoms with Crippen molar-refractivity contribution >= 4 is 15.9 Å². The molecule has 0 saturated carbocycles. The van der Waals surface area contributed by atoms with Crippen LogP contribution in [0.1, 0.15) is 24.1 Å². The fraction of sp³-hybridized carbons (Fsp3) is 0.294. The van der Waals surface area contributed by atoms with E-state index in [1.165, 1.54) is 11.1 Å². The first-order valence-electron chi connectivity index (χ1n) is 6.84. The molecule has 2 aromatic rings. The monoisotopic (exact) mass is 333 g/mol. The van der Waals surface area contributed by atoms with Gasteiger partial charge >= 0.3 is 0 Å². The van der Waals surface area contributed by atoms with E-state index in [0.29, 0.717) is 6.04 Å². The molecule has 1 N–H and O–H groups in total. The first kappa shape index (κ1) is 15.1. The molecule has 0 amide bonds. The average molecular weight is 334 g/mol. The maximum absolute atomic E-state index is 5.22. The van der Waals surface area contributed by atoms with Crippen molar-refractivity contribution in [2.75, 3.05) is 13.7 Å². The quantitative estimate of drug-likeness (QED) is 0.848. The largest absolute Gasteiger partial charge is 0.497 e. The number of hydrogen-bond donors (Lipinski definition) is 1. The smallest absolute Gasteiger partial charge is 0.118 e. The van der Waals surface area contributed by atoms with Gasteiger partial charge in [-0.2, -0.15) is 0 Å². The number of ether oxygens (including phenoxy) is 1. The normalized spacial score (nSPS) is 12.2. The van der Waals surface area contributed by atoms with Gasteiger partial charge in [-0.15, -0.1) is 0 Å². The van der Waals surface area contributed by atoms with E-state index in [0.717, 1.165) is 23.2 Å². The highest BCUT2D eigenvalue weighted by atomic mass is 79.9. The van der Waals surface area contributed by atoms with Crippen molar-refractivity contribution in [2.24, 2.45) is 0 Å². The van der Waals surface area contributed by atoms with E-state index in [1.807, 2.05) is 12.1 Å². The Kier molecular flexibility index (Phi) is 5.62. The van der Waals surface area contributed by atoms with Crippen LogP contribution in [-0.2, 0) is 6.42 Å². The van der Waals surface area contributed by atoms with E-state index in [1.54, 1.807) is 7.11 Å². The first-order valence-corrected chi connectivity index (χ1v) is 7.64. The van der Waals surface area contributed by atoms with Gasteiger partial charge in [0, 0.05) is 10.5 Å². The molecule has 0 radical (unpaired) electrons. The summed E-state index contributed by atoms with van der Waals surface area (Å²) in [6.45, 7) is 3.09. The second-order valence-electron chi connectivity index (χ2n) is 4.72. The minimum absolute atomic E-state index is 0.320. The summed E-state index contributed by atoms with van der Waals surface area (Å²) in [5.74, 6) is 0.895. The highest BCUT2D eigenvalue weighted by Gasteiger charge is 2.11. The molecular weight excluding hydrogens is 314 g/mol. The number of hydrogen-bond acceptors (Lipinski definition) is 2. The van der Waals surface area contributed by atoms with Crippen molar-refractivity contribution in [3.05, 3.63) is 64.1 Å². The Balaban J connectivity index is 2.17. The summed E-state index contributed by atoms with van der Waals surface area (Å²) >= 11 is 3.53. The molecule has 106 valence electrons. The summed E-state index contributed by atoms with van der Waals surface area (Å²) in [4.78, 5) is 0. The molecule has 1 unspecified atom stereocenters. The number of benzene rings is 2. The van der Waals surface area contributed by atoms with E-state index in [-0.39, 0.29) is 0 Å². The molecule has 0 fully saturated rings. The Morgan fingerprint density at radius 1 is 1.15 bits per heavy atom. The van der Waals surface area contributed by atoms with Gasteiger partial charge < -0.3 is 10.1 Å². The van der Waals surface area contributed by atoms with Crippen LogP contribution in [0.25, 0.3) is 0 Å². The van der Waals surface area contributed by atoms with Gasteiger partial charge in [0.1, 0.15) is 5.75 Å². The van der Waals surface area contributed by atoms with Crippen molar-refractivity contribution in [3.63, 3.8) is 0 Å². The number of halogens is 1. The van der Waals surface area contributed by atoms with E-state index < -0.39 is 0 Å². The van der Waals surface area contributed by atoms with Crippen LogP contribution >= 0.6 is 15.9 Å². The zero-order valence-electron chi connectivity index (χ0n) is 11.9. The van der Waals surface area contributed by atoms with Crippen molar-refractivity contribution in [3.8, 4) is 5.75 Å². The zero-order valence-corrected chi connectivity index (χ0v) is 13.5. The van der Waals surface area contributed by atoms with Gasteiger partial charge in [-0.25, -0.2) is 0 Å². The third kappa shape index (κ3) is 4.09. The van der Waals surface area contributed by atoms with Crippen LogP contribution in [-0.4, -0.2) is 13.7 Å². The van der Waals surface area contributed by atoms with Crippen LogP contribution < -0.4 is 10.1 Å². The standard InChI is InChI=1S/C17H20BrNO/c1-3-19-17(12-13-5-4-6-15(18)11-13)14-7-9-16(20-2)10-8-14/h4-11,17,19H,3,12H2,1-2H3. The molecule has 0 aliphatic carbocycles. The Hall–Kier alpha value is -1.32. The lowest BCUT2D eigenvalue weighted by molar-refractivity contribution is 0.414. The molecule has 2 aromatic carbocycles. The molecule has 0 aliphatic rings. The summed E-state index contributed by atoms with van der Waals surface area (Å²) in [6, 6.07) is 17.1. The van der Waals surface area contributed by atoms with Gasteiger partial charge in [-0.1, -0.05) is 47.1 Å².